The van der Waals surface area contributed by atoms with Gasteiger partial charge in [0.05, 0.1) is 13.5 Å². The summed E-state index contributed by atoms with van der Waals surface area (Å²) >= 11 is 0. The maximum Gasteiger partial charge on any atom is 0.304 e. The fraction of sp³-hybridized carbons (Fsp3) is 0.462. The number of benzene rings is 1. The zero-order chi connectivity index (χ0) is 12.7. The maximum atomic E-state index is 10.4. The predicted molar refractivity (Wildman–Crippen MR) is 66.4 cm³/mol. The highest BCUT2D eigenvalue weighted by Crippen LogP contribution is 2.11. The van der Waals surface area contributed by atoms with Crippen LogP contribution in [0.15, 0.2) is 24.3 Å². The molecule has 4 heteroatoms. The first-order valence-corrected chi connectivity index (χ1v) is 5.65. The number of nitrogens with zero attached hydrogens (tertiary/aromatic N) is 1. The van der Waals surface area contributed by atoms with Crippen LogP contribution in [0.5, 0.6) is 5.75 Å². The molecule has 0 saturated carbocycles. The van der Waals surface area contributed by atoms with Gasteiger partial charge in [0.1, 0.15) is 5.75 Å². The van der Waals surface area contributed by atoms with E-state index in [1.807, 2.05) is 36.2 Å². The van der Waals surface area contributed by atoms with Crippen molar-refractivity contribution < 1.29 is 14.6 Å². The van der Waals surface area contributed by atoms with Gasteiger partial charge in [-0.2, -0.15) is 0 Å². The fourth-order valence-corrected chi connectivity index (χ4v) is 1.51. The summed E-state index contributed by atoms with van der Waals surface area (Å²) in [5.41, 5.74) is 1.23. The summed E-state index contributed by atoms with van der Waals surface area (Å²) < 4.78 is 5.08. The normalized spacial score (nSPS) is 10.5. The molecule has 0 radical (unpaired) electrons. The van der Waals surface area contributed by atoms with Crippen molar-refractivity contribution in [1.29, 1.82) is 0 Å². The van der Waals surface area contributed by atoms with Crippen molar-refractivity contribution in [1.82, 2.24) is 4.90 Å². The third kappa shape index (κ3) is 5.36. The summed E-state index contributed by atoms with van der Waals surface area (Å²) in [7, 11) is 3.58. The minimum atomic E-state index is -0.749. The SMILES string of the molecule is COc1ccc(CCN(C)CCC(=O)O)cc1. The number of rotatable bonds is 7. The van der Waals surface area contributed by atoms with Crippen molar-refractivity contribution >= 4 is 5.97 Å². The highest BCUT2D eigenvalue weighted by molar-refractivity contribution is 5.66. The molecule has 0 aliphatic heterocycles. The lowest BCUT2D eigenvalue weighted by atomic mass is 10.1. The Kier molecular flexibility index (Phi) is 5.49. The molecule has 0 spiro atoms. The number of methoxy groups -OCH3 is 1. The van der Waals surface area contributed by atoms with Gasteiger partial charge in [0.2, 0.25) is 0 Å². The number of likely N-dealkylation sites (N-methyl/N-ethyl adjacent to an activating group) is 1. The quantitative estimate of drug-likeness (QED) is 0.783. The number of carboxylic acid groups (broad SMARTS) is 1. The Labute approximate surface area is 102 Å². The Morgan fingerprint density at radius 1 is 1.29 bits per heavy atom. The number of ether oxygens (including phenoxy) is 1. The lowest BCUT2D eigenvalue weighted by molar-refractivity contribution is -0.137. The lowest BCUT2D eigenvalue weighted by Gasteiger charge is -2.15. The molecule has 0 fully saturated rings. The van der Waals surface area contributed by atoms with E-state index in [0.717, 1.165) is 18.7 Å². The molecule has 0 saturated heterocycles. The summed E-state index contributed by atoms with van der Waals surface area (Å²) in [6, 6.07) is 7.94. The summed E-state index contributed by atoms with van der Waals surface area (Å²) in [4.78, 5) is 12.4. The largest absolute Gasteiger partial charge is 0.497 e. The zero-order valence-electron chi connectivity index (χ0n) is 10.3. The van der Waals surface area contributed by atoms with E-state index in [1.165, 1.54) is 5.56 Å². The molecule has 4 nitrogen and oxygen atoms in total. The molecule has 0 aromatic heterocycles. The highest BCUT2D eigenvalue weighted by Gasteiger charge is 2.03. The van der Waals surface area contributed by atoms with Gasteiger partial charge in [-0.3, -0.25) is 4.79 Å². The van der Waals surface area contributed by atoms with Gasteiger partial charge < -0.3 is 14.7 Å². The van der Waals surface area contributed by atoms with Crippen LogP contribution in [0.4, 0.5) is 0 Å². The Balaban J connectivity index is 2.31. The Morgan fingerprint density at radius 3 is 2.47 bits per heavy atom. The third-order valence-corrected chi connectivity index (χ3v) is 2.65. The fourth-order valence-electron chi connectivity index (χ4n) is 1.51. The molecule has 0 unspecified atom stereocenters. The van der Waals surface area contributed by atoms with E-state index in [9.17, 15) is 4.79 Å². The van der Waals surface area contributed by atoms with Crippen molar-refractivity contribution in [2.75, 3.05) is 27.2 Å². The van der Waals surface area contributed by atoms with E-state index in [4.69, 9.17) is 9.84 Å². The van der Waals surface area contributed by atoms with Crippen LogP contribution in [0.25, 0.3) is 0 Å². The van der Waals surface area contributed by atoms with Crippen LogP contribution in [0.2, 0.25) is 0 Å². The smallest absolute Gasteiger partial charge is 0.304 e. The molecule has 1 aromatic rings. The summed E-state index contributed by atoms with van der Waals surface area (Å²) in [6.45, 7) is 1.45. The highest BCUT2D eigenvalue weighted by atomic mass is 16.5. The van der Waals surface area contributed by atoms with Crippen LogP contribution in [-0.4, -0.2) is 43.2 Å². The standard InChI is InChI=1S/C13H19NO3/c1-14(10-8-13(15)16)9-7-11-3-5-12(17-2)6-4-11/h3-6H,7-10H2,1-2H3,(H,15,16). The molecule has 0 amide bonds. The minimum absolute atomic E-state index is 0.194. The van der Waals surface area contributed by atoms with Gasteiger partial charge in [0.25, 0.3) is 0 Å². The van der Waals surface area contributed by atoms with Gasteiger partial charge in [-0.1, -0.05) is 12.1 Å². The first-order chi connectivity index (χ1) is 8.11. The first kappa shape index (κ1) is 13.5. The molecule has 0 aliphatic carbocycles. The van der Waals surface area contributed by atoms with Crippen LogP contribution in [0, 0.1) is 0 Å². The second-order valence-electron chi connectivity index (χ2n) is 4.05. The summed E-state index contributed by atoms with van der Waals surface area (Å²) in [6.07, 6.45) is 1.11. The van der Waals surface area contributed by atoms with E-state index in [-0.39, 0.29) is 6.42 Å². The molecule has 94 valence electrons. The van der Waals surface area contributed by atoms with E-state index in [1.54, 1.807) is 7.11 Å². The van der Waals surface area contributed by atoms with E-state index >= 15 is 0 Å². The average Bonchev–Trinajstić information content (AvgIpc) is 2.34. The Bertz CT molecular complexity index is 348. The van der Waals surface area contributed by atoms with Crippen molar-refractivity contribution in [2.45, 2.75) is 12.8 Å². The molecule has 0 heterocycles. The van der Waals surface area contributed by atoms with Gasteiger partial charge in [-0.25, -0.2) is 0 Å². The van der Waals surface area contributed by atoms with E-state index in [2.05, 4.69) is 0 Å². The van der Waals surface area contributed by atoms with Crippen molar-refractivity contribution in [2.24, 2.45) is 0 Å². The molecule has 1 aromatic carbocycles. The molecule has 0 bridgehead atoms. The zero-order valence-corrected chi connectivity index (χ0v) is 10.3. The monoisotopic (exact) mass is 237 g/mol. The van der Waals surface area contributed by atoms with E-state index in [0.29, 0.717) is 6.54 Å². The van der Waals surface area contributed by atoms with E-state index < -0.39 is 5.97 Å². The van der Waals surface area contributed by atoms with Gasteiger partial charge >= 0.3 is 5.97 Å². The van der Waals surface area contributed by atoms with Crippen LogP contribution in [0.1, 0.15) is 12.0 Å². The number of aliphatic carboxylic acids is 1. The number of carboxylic acids is 1. The summed E-state index contributed by atoms with van der Waals surface area (Å²) in [5, 5.41) is 8.56. The van der Waals surface area contributed by atoms with Crippen molar-refractivity contribution in [3.05, 3.63) is 29.8 Å². The Hall–Kier alpha value is -1.55. The van der Waals surface area contributed by atoms with Crippen molar-refractivity contribution in [3.63, 3.8) is 0 Å². The average molecular weight is 237 g/mol. The van der Waals surface area contributed by atoms with Crippen LogP contribution < -0.4 is 4.74 Å². The second-order valence-corrected chi connectivity index (χ2v) is 4.05. The topological polar surface area (TPSA) is 49.8 Å². The molecular weight excluding hydrogens is 218 g/mol. The van der Waals surface area contributed by atoms with Crippen molar-refractivity contribution in [3.8, 4) is 5.75 Å². The predicted octanol–water partition coefficient (Wildman–Crippen LogP) is 1.64. The molecular formula is C13H19NO3. The third-order valence-electron chi connectivity index (χ3n) is 2.65. The maximum absolute atomic E-state index is 10.4. The van der Waals surface area contributed by atoms with Gasteiger partial charge in [0, 0.05) is 13.1 Å². The molecule has 0 atom stereocenters. The van der Waals surface area contributed by atoms with Gasteiger partial charge in [0.15, 0.2) is 0 Å². The number of carbonyl (C=O) groups is 1. The van der Waals surface area contributed by atoms with Gasteiger partial charge in [-0.15, -0.1) is 0 Å². The second kappa shape index (κ2) is 6.91. The minimum Gasteiger partial charge on any atom is -0.497 e. The lowest BCUT2D eigenvalue weighted by Crippen LogP contribution is -2.24. The van der Waals surface area contributed by atoms with Crippen LogP contribution in [-0.2, 0) is 11.2 Å². The number of hydrogen-bond donors (Lipinski definition) is 1. The van der Waals surface area contributed by atoms with Gasteiger partial charge in [-0.05, 0) is 31.2 Å². The molecule has 17 heavy (non-hydrogen) atoms. The summed E-state index contributed by atoms with van der Waals surface area (Å²) in [5.74, 6) is 0.106. The first-order valence-electron chi connectivity index (χ1n) is 5.65. The molecule has 1 rings (SSSR count). The number of hydrogen-bond acceptors (Lipinski definition) is 3. The molecule has 0 aliphatic rings. The molecule has 1 N–H and O–H groups in total. The van der Waals surface area contributed by atoms with Crippen LogP contribution in [0.3, 0.4) is 0 Å². The van der Waals surface area contributed by atoms with Crippen LogP contribution >= 0.6 is 0 Å². The Morgan fingerprint density at radius 2 is 1.94 bits per heavy atom.